The maximum atomic E-state index is 12.9. The van der Waals surface area contributed by atoms with Gasteiger partial charge in [-0.25, -0.2) is 0 Å². The number of aromatic nitrogens is 4. The van der Waals surface area contributed by atoms with Gasteiger partial charge >= 0.3 is 29.6 Å². The van der Waals surface area contributed by atoms with E-state index in [1.807, 2.05) is 17.5 Å². The van der Waals surface area contributed by atoms with Gasteiger partial charge < -0.3 is 25.4 Å². The molecule has 2 aliphatic rings. The number of hydrogen-bond acceptors (Lipinski definition) is 12. The van der Waals surface area contributed by atoms with Gasteiger partial charge in [-0.1, -0.05) is 17.8 Å². The number of thioether (sulfide) groups is 2. The van der Waals surface area contributed by atoms with Gasteiger partial charge in [-0.3, -0.25) is 14.5 Å². The number of aliphatic hydroxyl groups excluding tert-OH is 2. The summed E-state index contributed by atoms with van der Waals surface area (Å²) in [5, 5.41) is 48.3. The first kappa shape index (κ1) is 27.1. The predicted molar refractivity (Wildman–Crippen MR) is 117 cm³/mol. The molecule has 4 heterocycles. The first-order valence-corrected chi connectivity index (χ1v) is 12.6. The average Bonchev–Trinajstić information content (AvgIpc) is 3.50. The number of amides is 2. The minimum Gasteiger partial charge on any atom is -0.543 e. The Bertz CT molecular complexity index is 1050. The molecular formula is C18H19N6NaO6S3. The third kappa shape index (κ3) is 5.84. The number of aliphatic hydroxyl groups is 2. The maximum absolute atomic E-state index is 12.9. The van der Waals surface area contributed by atoms with Crippen molar-refractivity contribution in [3.8, 4) is 0 Å². The van der Waals surface area contributed by atoms with E-state index in [0.29, 0.717) is 5.57 Å². The van der Waals surface area contributed by atoms with E-state index in [1.54, 1.807) is 0 Å². The second kappa shape index (κ2) is 12.0. The van der Waals surface area contributed by atoms with E-state index < -0.39 is 41.3 Å². The van der Waals surface area contributed by atoms with Gasteiger partial charge in [0, 0.05) is 15.9 Å². The molecule has 2 amide bonds. The van der Waals surface area contributed by atoms with Crippen molar-refractivity contribution in [2.75, 3.05) is 12.4 Å². The van der Waals surface area contributed by atoms with Gasteiger partial charge in [-0.05, 0) is 28.7 Å². The van der Waals surface area contributed by atoms with E-state index >= 15 is 0 Å². The largest absolute Gasteiger partial charge is 1.00 e. The Morgan fingerprint density at radius 2 is 2.24 bits per heavy atom. The van der Waals surface area contributed by atoms with Crippen molar-refractivity contribution in [2.24, 2.45) is 0 Å². The number of nitrogens with zero attached hydrogens (tertiary/aromatic N) is 4. The standard InChI is InChI=1S/C18H20N6O6S3.Na/c25-6-8(26)4-11(33-18-20-22-23-21-18)10-7-32-16-13(15(28)24(16)14(10)17(29)30)19-12(27)5-9-2-1-3-31-9;/h1-3,8,11,13,16,25-26H,4-7H2,(H,19,27)(H,29,30)(H,20,21,22,23);/q;+1/p-1/t8?,11?,13?,16-;/m0./s1. The van der Waals surface area contributed by atoms with E-state index in [4.69, 9.17) is 0 Å². The molecule has 12 nitrogen and oxygen atoms in total. The van der Waals surface area contributed by atoms with Crippen LogP contribution in [0, 0.1) is 0 Å². The Kier molecular flexibility index (Phi) is 9.57. The van der Waals surface area contributed by atoms with Crippen LogP contribution in [0.25, 0.3) is 0 Å². The Hall–Kier alpha value is -1.46. The number of hydrogen-bond donors (Lipinski definition) is 4. The molecular weight excluding hydrogens is 515 g/mol. The summed E-state index contributed by atoms with van der Waals surface area (Å²) in [4.78, 5) is 39.2. The average molecular weight is 535 g/mol. The quantitative estimate of drug-likeness (QED) is 0.130. The van der Waals surface area contributed by atoms with Crippen LogP contribution in [0.4, 0.5) is 0 Å². The van der Waals surface area contributed by atoms with Gasteiger partial charge in [0.05, 0.1) is 30.8 Å². The Balaban J connectivity index is 0.00000324. The first-order chi connectivity index (χ1) is 15.9. The molecule has 4 rings (SSSR count). The number of carboxylic acid groups (broad SMARTS) is 1. The summed E-state index contributed by atoms with van der Waals surface area (Å²) >= 11 is 3.79. The molecule has 4 N–H and O–H groups in total. The second-order valence-corrected chi connectivity index (χ2v) is 10.6. The summed E-state index contributed by atoms with van der Waals surface area (Å²) in [6, 6.07) is 2.81. The molecule has 0 bridgehead atoms. The number of H-pyrrole nitrogens is 1. The molecule has 0 radical (unpaired) electrons. The molecule has 0 spiro atoms. The maximum Gasteiger partial charge on any atom is 1.00 e. The van der Waals surface area contributed by atoms with Crippen molar-refractivity contribution in [1.82, 2.24) is 30.8 Å². The van der Waals surface area contributed by atoms with Crippen LogP contribution in [0.2, 0.25) is 0 Å². The van der Waals surface area contributed by atoms with Crippen LogP contribution < -0.4 is 40.0 Å². The van der Waals surface area contributed by atoms with Crippen LogP contribution in [0.15, 0.2) is 33.9 Å². The number of aliphatic carboxylic acids is 1. The van der Waals surface area contributed by atoms with Crippen molar-refractivity contribution in [3.63, 3.8) is 0 Å². The van der Waals surface area contributed by atoms with Crippen molar-refractivity contribution >= 4 is 52.6 Å². The summed E-state index contributed by atoms with van der Waals surface area (Å²) in [6.07, 6.45) is -0.991. The molecule has 2 aromatic rings. The smallest absolute Gasteiger partial charge is 0.543 e. The number of carbonyl (C=O) groups is 3. The summed E-state index contributed by atoms with van der Waals surface area (Å²) in [6.45, 7) is -0.520. The molecule has 176 valence electrons. The molecule has 1 saturated heterocycles. The number of aromatic amines is 1. The van der Waals surface area contributed by atoms with Crippen LogP contribution in [0.5, 0.6) is 0 Å². The molecule has 16 heteroatoms. The Morgan fingerprint density at radius 1 is 1.44 bits per heavy atom. The summed E-state index contributed by atoms with van der Waals surface area (Å²) in [5.41, 5.74) is 0.0499. The second-order valence-electron chi connectivity index (χ2n) is 7.25. The van der Waals surface area contributed by atoms with Gasteiger partial charge in [0.15, 0.2) is 0 Å². The van der Waals surface area contributed by atoms with Crippen LogP contribution in [0.1, 0.15) is 11.3 Å². The molecule has 4 atom stereocenters. The van der Waals surface area contributed by atoms with Crippen LogP contribution >= 0.6 is 34.9 Å². The van der Waals surface area contributed by atoms with E-state index in [2.05, 4.69) is 25.9 Å². The topological polar surface area (TPSA) is 184 Å². The number of thiophene rings is 1. The fourth-order valence-corrected chi connectivity index (χ4v) is 6.91. The number of carbonyl (C=O) groups excluding carboxylic acids is 3. The van der Waals surface area contributed by atoms with Crippen LogP contribution in [0.3, 0.4) is 0 Å². The third-order valence-corrected chi connectivity index (χ3v) is 8.41. The molecule has 2 aromatic heterocycles. The van der Waals surface area contributed by atoms with E-state index in [1.165, 1.54) is 23.1 Å². The Labute approximate surface area is 228 Å². The van der Waals surface area contributed by atoms with Crippen molar-refractivity contribution in [2.45, 2.75) is 40.8 Å². The van der Waals surface area contributed by atoms with Crippen LogP contribution in [-0.4, -0.2) is 88.7 Å². The van der Waals surface area contributed by atoms with Crippen molar-refractivity contribution in [1.29, 1.82) is 0 Å². The molecule has 0 aromatic carbocycles. The van der Waals surface area contributed by atoms with Gasteiger partial charge in [0.25, 0.3) is 5.91 Å². The summed E-state index contributed by atoms with van der Waals surface area (Å²) in [5.74, 6) is -2.20. The zero-order valence-corrected chi connectivity index (χ0v) is 22.4. The van der Waals surface area contributed by atoms with Gasteiger partial charge in [-0.15, -0.1) is 33.3 Å². The zero-order chi connectivity index (χ0) is 23.5. The fourth-order valence-electron chi connectivity index (χ4n) is 3.59. The molecule has 34 heavy (non-hydrogen) atoms. The fraction of sp³-hybridized carbons (Fsp3) is 0.444. The predicted octanol–water partition coefficient (Wildman–Crippen LogP) is -4.88. The third-order valence-electron chi connectivity index (χ3n) is 5.08. The molecule has 0 saturated carbocycles. The van der Waals surface area contributed by atoms with Crippen molar-refractivity contribution < 1.29 is 59.3 Å². The monoisotopic (exact) mass is 534 g/mol. The molecule has 1 fully saturated rings. The summed E-state index contributed by atoms with van der Waals surface area (Å²) < 4.78 is 0. The van der Waals surface area contributed by atoms with E-state index in [-0.39, 0.29) is 64.9 Å². The first-order valence-electron chi connectivity index (χ1n) is 9.78. The number of nitrogens with one attached hydrogen (secondary N) is 2. The molecule has 0 aliphatic carbocycles. The number of fused-ring (bicyclic) bond motifs is 1. The molecule has 3 unspecified atom stereocenters. The number of tetrazole rings is 1. The minimum absolute atomic E-state index is 0. The van der Waals surface area contributed by atoms with E-state index in [9.17, 15) is 29.7 Å². The Morgan fingerprint density at radius 3 is 2.85 bits per heavy atom. The number of carboxylic acids is 1. The van der Waals surface area contributed by atoms with Crippen molar-refractivity contribution in [3.05, 3.63) is 33.7 Å². The van der Waals surface area contributed by atoms with Crippen LogP contribution in [-0.2, 0) is 20.8 Å². The number of β-lactam (4-membered cyclic amide) rings is 1. The zero-order valence-electron chi connectivity index (χ0n) is 17.9. The van der Waals surface area contributed by atoms with Gasteiger partial charge in [0.2, 0.25) is 11.1 Å². The SMILES string of the molecule is O=C(Cc1cccs1)NC1C(=O)N2C(C(=O)[O-])=C(C(CC(O)CO)Sc3nn[nH]n3)CS[C@@H]12.[Na+]. The number of rotatable bonds is 10. The molecule has 2 aliphatic heterocycles. The normalized spacial score (nSPS) is 21.2. The van der Waals surface area contributed by atoms with Gasteiger partial charge in [-0.2, -0.15) is 5.21 Å². The van der Waals surface area contributed by atoms with E-state index in [0.717, 1.165) is 21.5 Å². The summed E-state index contributed by atoms with van der Waals surface area (Å²) in [7, 11) is 0. The van der Waals surface area contributed by atoms with Gasteiger partial charge in [0.1, 0.15) is 11.4 Å². The minimum atomic E-state index is -1.54.